The van der Waals surface area contributed by atoms with Crippen LogP contribution in [-0.4, -0.2) is 35.5 Å². The van der Waals surface area contributed by atoms with Gasteiger partial charge in [0.1, 0.15) is 18.3 Å². The molecule has 4 aromatic rings. The molecule has 0 radical (unpaired) electrons. The van der Waals surface area contributed by atoms with Crippen LogP contribution in [-0.2, 0) is 27.1 Å². The fourth-order valence-electron chi connectivity index (χ4n) is 6.92. The number of hydrogen-bond donors (Lipinski definition) is 0. The topological polar surface area (TPSA) is 34.2 Å². The Balaban J connectivity index is 0.000000189. The van der Waals surface area contributed by atoms with Gasteiger partial charge in [0, 0.05) is 0 Å². The van der Waals surface area contributed by atoms with Gasteiger partial charge in [0.05, 0.1) is 24.5 Å². The van der Waals surface area contributed by atoms with Gasteiger partial charge in [-0.2, -0.15) is 23.4 Å². The Hall–Kier alpha value is -2.53. The summed E-state index contributed by atoms with van der Waals surface area (Å²) in [5.41, 5.74) is 15.7. The Morgan fingerprint density at radius 3 is 1.37 bits per heavy atom. The molecule has 0 N–H and O–H groups in total. The molecule has 9 heteroatoms. The fraction of sp³-hybridized carbons (Fsp3) is 0.378. The van der Waals surface area contributed by atoms with Crippen molar-refractivity contribution in [2.24, 2.45) is 0 Å². The molecule has 54 heavy (non-hydrogen) atoms. The number of benzene rings is 4. The van der Waals surface area contributed by atoms with Crippen LogP contribution in [0, 0.1) is 48.2 Å². The SMILES string of the molecule is CC(C)O[PH+](OC(C)C)OC(C)C.Cc1cc(C)c(N2[CH+]N(c3c(C)cc(C)cc3C)CC2)c(C)c1.[Cl][Ru]([Cl])=[C]1C=C(c2ccccc2)c2ccccc21. The van der Waals surface area contributed by atoms with Crippen LogP contribution in [0.3, 0.4) is 0 Å². The summed E-state index contributed by atoms with van der Waals surface area (Å²) in [6.07, 6.45) is 2.63. The summed E-state index contributed by atoms with van der Waals surface area (Å²) in [6, 6.07) is 27.8. The van der Waals surface area contributed by atoms with Gasteiger partial charge in [0.25, 0.3) is 6.67 Å². The summed E-state index contributed by atoms with van der Waals surface area (Å²) in [7, 11) is 10.8. The number of halogens is 2. The molecule has 0 aromatic heterocycles. The number of allylic oxidation sites excluding steroid dienone is 1. The number of nitrogens with zero attached hydrogens (tertiary/aromatic N) is 2. The van der Waals surface area contributed by atoms with Gasteiger partial charge in [-0.25, -0.2) is 0 Å². The van der Waals surface area contributed by atoms with Crippen LogP contribution in [0.15, 0.2) is 84.9 Å². The third-order valence-electron chi connectivity index (χ3n) is 8.67. The predicted molar refractivity (Wildman–Crippen MR) is 233 cm³/mol. The Labute approximate surface area is 340 Å². The molecule has 1 aliphatic heterocycles. The van der Waals surface area contributed by atoms with Gasteiger partial charge in [0.15, 0.2) is 0 Å². The van der Waals surface area contributed by atoms with Crippen molar-refractivity contribution in [3.8, 4) is 0 Å². The number of aryl methyl sites for hydroxylation is 6. The standard InChI is InChI=1S/C21H27N2.C15H10.C9H22O3P.2ClH.Ru/c1-14-9-16(3)20(17(4)10-14)22-7-8-23(13-22)21-18(5)11-15(2)12-19(21)6;1-2-6-12(7-3-1)15-11-10-13-8-4-5-9-14(13)15;1-7(2)10-13(11-8(3)4)12-9(5)6;;;/h9-13H,7-8H2,1-6H3;1-9,11H;7-9,13H,1-6H3;2*1H;/q+1;;+1;;;+2/p-2. The van der Waals surface area contributed by atoms with Gasteiger partial charge in [-0.1, -0.05) is 35.4 Å². The van der Waals surface area contributed by atoms with E-state index in [1.807, 2.05) is 65.8 Å². The van der Waals surface area contributed by atoms with E-state index in [2.05, 4.69) is 119 Å². The summed E-state index contributed by atoms with van der Waals surface area (Å²) >= 11 is -1.88. The van der Waals surface area contributed by atoms with Gasteiger partial charge < -0.3 is 0 Å². The van der Waals surface area contributed by atoms with Gasteiger partial charge in [-0.15, -0.1) is 0 Å². The molecular formula is C45H59Cl2N2O3PRu+2. The molecule has 1 fully saturated rings. The van der Waals surface area contributed by atoms with Gasteiger partial charge in [-0.3, -0.25) is 0 Å². The summed E-state index contributed by atoms with van der Waals surface area (Å²) in [4.78, 5) is 4.81. The zero-order valence-corrected chi connectivity index (χ0v) is 38.3. The second-order valence-electron chi connectivity index (χ2n) is 14.7. The molecule has 2 aliphatic rings. The number of hydrogen-bond acceptors (Lipinski definition) is 5. The van der Waals surface area contributed by atoms with Crippen molar-refractivity contribution < 1.29 is 27.1 Å². The van der Waals surface area contributed by atoms with E-state index in [-0.39, 0.29) is 18.3 Å². The number of rotatable bonds is 9. The first-order chi connectivity index (χ1) is 25.5. The normalized spacial score (nSPS) is 13.9. The molecule has 0 atom stereocenters. The van der Waals surface area contributed by atoms with Crippen molar-refractivity contribution in [1.82, 2.24) is 0 Å². The maximum atomic E-state index is 6.19. The van der Waals surface area contributed by atoms with Crippen molar-refractivity contribution in [2.45, 2.75) is 101 Å². The van der Waals surface area contributed by atoms with E-state index < -0.39 is 22.1 Å². The van der Waals surface area contributed by atoms with E-state index in [9.17, 15) is 0 Å². The molecule has 0 spiro atoms. The van der Waals surface area contributed by atoms with Crippen LogP contribution in [0.4, 0.5) is 11.4 Å². The van der Waals surface area contributed by atoms with Crippen molar-refractivity contribution in [3.63, 3.8) is 0 Å². The zero-order chi connectivity index (χ0) is 39.7. The van der Waals surface area contributed by atoms with Crippen LogP contribution in [0.25, 0.3) is 5.57 Å². The van der Waals surface area contributed by atoms with Crippen LogP contribution in [0.2, 0.25) is 0 Å². The van der Waals surface area contributed by atoms with Crippen molar-refractivity contribution in [3.05, 3.63) is 142 Å². The van der Waals surface area contributed by atoms with Crippen molar-refractivity contribution in [2.75, 3.05) is 22.9 Å². The molecule has 0 bridgehead atoms. The van der Waals surface area contributed by atoms with Gasteiger partial charge >= 0.3 is 129 Å². The van der Waals surface area contributed by atoms with E-state index in [0.29, 0.717) is 0 Å². The molecule has 0 saturated carbocycles. The molecular weight excluding hydrogens is 819 g/mol. The van der Waals surface area contributed by atoms with Crippen LogP contribution in [0.1, 0.15) is 91.6 Å². The van der Waals surface area contributed by atoms with E-state index >= 15 is 0 Å². The second-order valence-corrected chi connectivity index (χ2v) is 21.8. The first-order valence-electron chi connectivity index (χ1n) is 18.7. The number of anilines is 2. The Kier molecular flexibility index (Phi) is 16.8. The average Bonchev–Trinajstić information content (AvgIpc) is 3.70. The number of fused-ring (bicyclic) bond motifs is 1. The Morgan fingerprint density at radius 2 is 0.981 bits per heavy atom. The van der Waals surface area contributed by atoms with E-state index in [1.165, 1.54) is 67.0 Å². The molecule has 6 rings (SSSR count). The Bertz CT molecular complexity index is 1790. The van der Waals surface area contributed by atoms with Crippen molar-refractivity contribution >= 4 is 49.0 Å². The molecule has 292 valence electrons. The molecule has 0 amide bonds. The molecule has 5 nitrogen and oxygen atoms in total. The Morgan fingerprint density at radius 1 is 0.593 bits per heavy atom. The van der Waals surface area contributed by atoms with Gasteiger partial charge in [-0.05, 0) is 105 Å². The van der Waals surface area contributed by atoms with Crippen LogP contribution in [0.5, 0.6) is 0 Å². The third kappa shape index (κ3) is 12.2. The van der Waals surface area contributed by atoms with E-state index in [4.69, 9.17) is 33.0 Å². The van der Waals surface area contributed by atoms with E-state index in [1.54, 1.807) is 0 Å². The third-order valence-corrected chi connectivity index (χ3v) is 13.8. The fourth-order valence-corrected chi connectivity index (χ4v) is 10.7. The van der Waals surface area contributed by atoms with Gasteiger partial charge in [0.2, 0.25) is 0 Å². The first-order valence-corrected chi connectivity index (χ1v) is 25.3. The molecule has 1 aliphatic carbocycles. The summed E-state index contributed by atoms with van der Waals surface area (Å²) in [5.74, 6) is 0. The first kappa shape index (κ1) is 44.2. The minimum atomic E-state index is -1.88. The molecule has 1 heterocycles. The maximum absolute atomic E-state index is 6.19. The van der Waals surface area contributed by atoms with Crippen LogP contribution < -0.4 is 9.80 Å². The molecule has 1 saturated heterocycles. The van der Waals surface area contributed by atoms with Crippen molar-refractivity contribution in [1.29, 1.82) is 0 Å². The monoisotopic (exact) mass is 878 g/mol. The quantitative estimate of drug-likeness (QED) is 0.0951. The van der Waals surface area contributed by atoms with Crippen LogP contribution >= 0.6 is 28.0 Å². The summed E-state index contributed by atoms with van der Waals surface area (Å²) in [6.45, 7) is 29.5. The average molecular weight is 879 g/mol. The molecule has 4 aromatic carbocycles. The summed E-state index contributed by atoms with van der Waals surface area (Å²) in [5, 5.41) is 0. The van der Waals surface area contributed by atoms with E-state index in [0.717, 1.165) is 17.2 Å². The second kappa shape index (κ2) is 20.6. The minimum absolute atomic E-state index is 0.159. The predicted octanol–water partition coefficient (Wildman–Crippen LogP) is 12.8. The zero-order valence-electron chi connectivity index (χ0n) is 34.0. The molecule has 0 unspecified atom stereocenters. The summed E-state index contributed by atoms with van der Waals surface area (Å²) < 4.78 is 17.7.